The number of nitrogens with one attached hydrogen (secondary N) is 1. The molecule has 0 radical (unpaired) electrons. The third-order valence-electron chi connectivity index (χ3n) is 6.36. The molecule has 34 heavy (non-hydrogen) atoms. The highest BCUT2D eigenvalue weighted by atomic mass is 16.3. The Labute approximate surface area is 200 Å². The van der Waals surface area contributed by atoms with E-state index in [-0.39, 0.29) is 5.75 Å². The van der Waals surface area contributed by atoms with Crippen molar-refractivity contribution in [2.75, 3.05) is 18.0 Å². The molecule has 0 aliphatic carbocycles. The number of furan rings is 1. The van der Waals surface area contributed by atoms with Crippen molar-refractivity contribution < 1.29 is 9.52 Å². The van der Waals surface area contributed by atoms with Gasteiger partial charge in [-0.05, 0) is 61.4 Å². The lowest BCUT2D eigenvalue weighted by Gasteiger charge is -2.24. The number of aromatic amines is 1. The minimum Gasteiger partial charge on any atom is -0.507 e. The van der Waals surface area contributed by atoms with Gasteiger partial charge in [-0.1, -0.05) is 38.8 Å². The molecular formula is C29H31N3O2. The molecule has 0 aliphatic heterocycles. The lowest BCUT2D eigenvalue weighted by atomic mass is 10.1. The minimum absolute atomic E-state index is 0.144. The summed E-state index contributed by atoms with van der Waals surface area (Å²) in [5, 5.41) is 11.6. The number of nitrogens with zero attached hydrogens (tertiary/aromatic N) is 2. The van der Waals surface area contributed by atoms with Gasteiger partial charge in [-0.3, -0.25) is 0 Å². The Morgan fingerprint density at radius 1 is 0.912 bits per heavy atom. The van der Waals surface area contributed by atoms with Gasteiger partial charge in [-0.25, -0.2) is 4.98 Å². The van der Waals surface area contributed by atoms with Gasteiger partial charge in [0.05, 0.1) is 16.6 Å². The van der Waals surface area contributed by atoms with Crippen LogP contribution in [0.15, 0.2) is 71.1 Å². The number of anilines is 1. The van der Waals surface area contributed by atoms with E-state index in [0.29, 0.717) is 17.0 Å². The molecule has 0 unspecified atom stereocenters. The Hall–Kier alpha value is -3.73. The highest BCUT2D eigenvalue weighted by Crippen LogP contribution is 2.37. The first-order chi connectivity index (χ1) is 16.7. The molecule has 0 fully saturated rings. The van der Waals surface area contributed by atoms with Crippen LogP contribution in [-0.2, 0) is 0 Å². The normalized spacial score (nSPS) is 11.5. The van der Waals surface area contributed by atoms with Gasteiger partial charge in [0, 0.05) is 35.8 Å². The van der Waals surface area contributed by atoms with Gasteiger partial charge in [0.1, 0.15) is 22.9 Å². The number of phenolic OH excluding ortho intramolecular Hbond substituents is 1. The van der Waals surface area contributed by atoms with E-state index in [1.165, 1.54) is 31.4 Å². The molecule has 0 saturated heterocycles. The maximum Gasteiger partial charge on any atom is 0.142 e. The SMILES string of the molecule is CCCCN(CCCC)c1ccc(-c2cc3cc(-c4nc5ccccc5[nH]4)c(O)cc3o2)cc1. The number of H-pyrrole nitrogens is 1. The van der Waals surface area contributed by atoms with E-state index in [2.05, 4.69) is 53.0 Å². The van der Waals surface area contributed by atoms with Gasteiger partial charge < -0.3 is 19.4 Å². The van der Waals surface area contributed by atoms with Crippen LogP contribution in [0.2, 0.25) is 0 Å². The number of unbranched alkanes of at least 4 members (excludes halogenated alkanes) is 2. The lowest BCUT2D eigenvalue weighted by molar-refractivity contribution is 0.476. The van der Waals surface area contributed by atoms with E-state index in [0.717, 1.165) is 40.8 Å². The molecule has 0 saturated carbocycles. The fourth-order valence-corrected chi connectivity index (χ4v) is 4.39. The maximum atomic E-state index is 10.7. The standard InChI is InChI=1S/C29H31N3O2/c1-3-5-15-32(16-6-4-2)22-13-11-20(12-14-22)27-18-21-17-23(26(33)19-28(21)34-27)29-30-24-9-7-8-10-25(24)31-29/h7-14,17-19,33H,3-6,15-16H2,1-2H3,(H,30,31). The van der Waals surface area contributed by atoms with Crippen molar-refractivity contribution in [1.82, 2.24) is 9.97 Å². The van der Waals surface area contributed by atoms with Gasteiger partial charge in [-0.15, -0.1) is 0 Å². The summed E-state index contributed by atoms with van der Waals surface area (Å²) in [5.41, 5.74) is 5.41. The van der Waals surface area contributed by atoms with Crippen molar-refractivity contribution >= 4 is 27.7 Å². The summed E-state index contributed by atoms with van der Waals surface area (Å²) in [6, 6.07) is 22.1. The zero-order chi connectivity index (χ0) is 23.5. The van der Waals surface area contributed by atoms with Gasteiger partial charge in [0.15, 0.2) is 0 Å². The second-order valence-electron chi connectivity index (χ2n) is 8.86. The highest BCUT2D eigenvalue weighted by molar-refractivity contribution is 5.90. The van der Waals surface area contributed by atoms with Crippen LogP contribution in [0.5, 0.6) is 5.75 Å². The number of benzene rings is 3. The van der Waals surface area contributed by atoms with E-state index < -0.39 is 0 Å². The Bertz CT molecular complexity index is 1360. The number of phenols is 1. The lowest BCUT2D eigenvalue weighted by Crippen LogP contribution is -2.25. The average Bonchev–Trinajstić information content (AvgIpc) is 3.47. The molecule has 0 bridgehead atoms. The van der Waals surface area contributed by atoms with Crippen LogP contribution in [0.3, 0.4) is 0 Å². The van der Waals surface area contributed by atoms with Gasteiger partial charge in [-0.2, -0.15) is 0 Å². The van der Waals surface area contributed by atoms with Crippen molar-refractivity contribution in [1.29, 1.82) is 0 Å². The Morgan fingerprint density at radius 2 is 1.65 bits per heavy atom. The maximum absolute atomic E-state index is 10.7. The van der Waals surface area contributed by atoms with E-state index in [1.807, 2.05) is 36.4 Å². The molecule has 0 aliphatic rings. The molecular weight excluding hydrogens is 422 g/mol. The molecule has 3 aromatic carbocycles. The van der Waals surface area contributed by atoms with Crippen molar-refractivity contribution in [2.45, 2.75) is 39.5 Å². The molecule has 0 amide bonds. The molecule has 0 atom stereocenters. The number of aromatic hydroxyl groups is 1. The molecule has 2 heterocycles. The molecule has 5 aromatic rings. The topological polar surface area (TPSA) is 65.3 Å². The molecule has 2 N–H and O–H groups in total. The van der Waals surface area contributed by atoms with E-state index >= 15 is 0 Å². The van der Waals surface area contributed by atoms with Crippen LogP contribution in [0, 0.1) is 0 Å². The van der Waals surface area contributed by atoms with Crippen LogP contribution in [0.1, 0.15) is 39.5 Å². The third kappa shape index (κ3) is 4.38. The Kier molecular flexibility index (Phi) is 6.26. The molecule has 2 aromatic heterocycles. The molecule has 5 nitrogen and oxygen atoms in total. The summed E-state index contributed by atoms with van der Waals surface area (Å²) in [6.45, 7) is 6.65. The number of imidazole rings is 1. The van der Waals surface area contributed by atoms with Gasteiger partial charge in [0.25, 0.3) is 0 Å². The summed E-state index contributed by atoms with van der Waals surface area (Å²) >= 11 is 0. The van der Waals surface area contributed by atoms with E-state index in [9.17, 15) is 5.11 Å². The first kappa shape index (κ1) is 22.1. The van der Waals surface area contributed by atoms with Gasteiger partial charge >= 0.3 is 0 Å². The summed E-state index contributed by atoms with van der Waals surface area (Å²) in [6.07, 6.45) is 4.79. The van der Waals surface area contributed by atoms with Crippen LogP contribution < -0.4 is 4.90 Å². The minimum atomic E-state index is 0.144. The van der Waals surface area contributed by atoms with E-state index in [1.54, 1.807) is 6.07 Å². The zero-order valence-electron chi connectivity index (χ0n) is 19.8. The quantitative estimate of drug-likeness (QED) is 0.239. The second kappa shape index (κ2) is 9.64. The van der Waals surface area contributed by atoms with Gasteiger partial charge in [0.2, 0.25) is 0 Å². The summed E-state index contributed by atoms with van der Waals surface area (Å²) in [4.78, 5) is 10.4. The number of hydrogen-bond acceptors (Lipinski definition) is 4. The summed E-state index contributed by atoms with van der Waals surface area (Å²) < 4.78 is 6.11. The predicted octanol–water partition coefficient (Wildman–Crippen LogP) is 7.76. The first-order valence-electron chi connectivity index (χ1n) is 12.2. The van der Waals surface area contributed by atoms with E-state index in [4.69, 9.17) is 4.42 Å². The van der Waals surface area contributed by atoms with Crippen molar-refractivity contribution in [2.24, 2.45) is 0 Å². The highest BCUT2D eigenvalue weighted by Gasteiger charge is 2.15. The molecule has 0 spiro atoms. The van der Waals surface area contributed by atoms with Crippen molar-refractivity contribution in [3.05, 3.63) is 66.7 Å². The summed E-state index contributed by atoms with van der Waals surface area (Å²) in [7, 11) is 0. The second-order valence-corrected chi connectivity index (χ2v) is 8.86. The number of hydrogen-bond donors (Lipinski definition) is 2. The predicted molar refractivity (Wildman–Crippen MR) is 140 cm³/mol. The smallest absolute Gasteiger partial charge is 0.142 e. The molecule has 5 rings (SSSR count). The van der Waals surface area contributed by atoms with Crippen LogP contribution in [0.25, 0.3) is 44.7 Å². The largest absolute Gasteiger partial charge is 0.507 e. The first-order valence-corrected chi connectivity index (χ1v) is 12.2. The summed E-state index contributed by atoms with van der Waals surface area (Å²) in [5.74, 6) is 1.58. The monoisotopic (exact) mass is 453 g/mol. The third-order valence-corrected chi connectivity index (χ3v) is 6.36. The fourth-order valence-electron chi connectivity index (χ4n) is 4.39. The molecule has 5 heteroatoms. The average molecular weight is 454 g/mol. The van der Waals surface area contributed by atoms with Crippen LogP contribution in [0.4, 0.5) is 5.69 Å². The Morgan fingerprint density at radius 3 is 2.35 bits per heavy atom. The zero-order valence-corrected chi connectivity index (χ0v) is 19.8. The van der Waals surface area contributed by atoms with Crippen molar-refractivity contribution in [3.63, 3.8) is 0 Å². The Balaban J connectivity index is 1.44. The number of rotatable bonds is 9. The van der Waals surface area contributed by atoms with Crippen LogP contribution in [-0.4, -0.2) is 28.2 Å². The number of aromatic nitrogens is 2. The van der Waals surface area contributed by atoms with Crippen LogP contribution >= 0.6 is 0 Å². The fraction of sp³-hybridized carbons (Fsp3) is 0.276. The number of fused-ring (bicyclic) bond motifs is 2. The molecule has 174 valence electrons. The number of para-hydroxylation sites is 2. The van der Waals surface area contributed by atoms with Crippen molar-refractivity contribution in [3.8, 4) is 28.5 Å².